The van der Waals surface area contributed by atoms with Gasteiger partial charge in [-0.1, -0.05) is 12.1 Å². The molecule has 0 aliphatic carbocycles. The standard InChI is InChI=1S/C20H21N3O5/c1-25-15-5-3-4-13-12-16(28-18(13)15)19(24)23-10-7-14(8-11-23)27-17-6-9-21-20(22-17)26-2/h3-6,9,12,14H,7-8,10-11H2,1-2H3. The lowest BCUT2D eigenvalue weighted by atomic mass is 10.1. The quantitative estimate of drug-likeness (QED) is 0.669. The number of aromatic nitrogens is 2. The molecular weight excluding hydrogens is 362 g/mol. The molecule has 1 amide bonds. The van der Waals surface area contributed by atoms with Gasteiger partial charge in [0.1, 0.15) is 6.10 Å². The molecule has 146 valence electrons. The van der Waals surface area contributed by atoms with Crippen molar-refractivity contribution < 1.29 is 23.4 Å². The van der Waals surface area contributed by atoms with E-state index in [-0.39, 0.29) is 18.0 Å². The Labute approximate surface area is 162 Å². The van der Waals surface area contributed by atoms with Crippen LogP contribution < -0.4 is 14.2 Å². The van der Waals surface area contributed by atoms with Crippen LogP contribution >= 0.6 is 0 Å². The zero-order chi connectivity index (χ0) is 19.5. The lowest BCUT2D eigenvalue weighted by Gasteiger charge is -2.31. The minimum absolute atomic E-state index is 0.0144. The van der Waals surface area contributed by atoms with Gasteiger partial charge in [-0.3, -0.25) is 4.79 Å². The monoisotopic (exact) mass is 383 g/mol. The predicted molar refractivity (Wildman–Crippen MR) is 101 cm³/mol. The van der Waals surface area contributed by atoms with Crippen molar-refractivity contribution in [2.24, 2.45) is 0 Å². The second-order valence-electron chi connectivity index (χ2n) is 6.48. The number of carbonyl (C=O) groups is 1. The molecule has 8 nitrogen and oxygen atoms in total. The predicted octanol–water partition coefficient (Wildman–Crippen LogP) is 2.92. The molecule has 1 fully saturated rings. The normalized spacial score (nSPS) is 14.9. The number of amides is 1. The van der Waals surface area contributed by atoms with Crippen molar-refractivity contribution >= 4 is 16.9 Å². The Hall–Kier alpha value is -3.29. The van der Waals surface area contributed by atoms with Crippen LogP contribution in [0.2, 0.25) is 0 Å². The van der Waals surface area contributed by atoms with Gasteiger partial charge in [-0.25, -0.2) is 4.98 Å². The van der Waals surface area contributed by atoms with E-state index in [0.717, 1.165) is 5.39 Å². The molecule has 0 radical (unpaired) electrons. The maximum Gasteiger partial charge on any atom is 0.319 e. The second kappa shape index (κ2) is 7.75. The van der Waals surface area contributed by atoms with Crippen LogP contribution in [0, 0.1) is 0 Å². The number of benzene rings is 1. The van der Waals surface area contributed by atoms with E-state index in [4.69, 9.17) is 18.6 Å². The number of methoxy groups -OCH3 is 2. The third-order valence-electron chi connectivity index (χ3n) is 4.75. The van der Waals surface area contributed by atoms with Crippen molar-refractivity contribution in [3.05, 3.63) is 42.3 Å². The summed E-state index contributed by atoms with van der Waals surface area (Å²) in [6.45, 7) is 1.17. The molecule has 0 unspecified atom stereocenters. The van der Waals surface area contributed by atoms with Gasteiger partial charge in [-0.05, 0) is 12.1 Å². The Balaban J connectivity index is 1.40. The highest BCUT2D eigenvalue weighted by molar-refractivity contribution is 5.97. The minimum atomic E-state index is -0.125. The van der Waals surface area contributed by atoms with Crippen molar-refractivity contribution in [3.63, 3.8) is 0 Å². The van der Waals surface area contributed by atoms with Gasteiger partial charge in [-0.15, -0.1) is 0 Å². The topological polar surface area (TPSA) is 86.9 Å². The zero-order valence-electron chi connectivity index (χ0n) is 15.8. The lowest BCUT2D eigenvalue weighted by Crippen LogP contribution is -2.41. The van der Waals surface area contributed by atoms with Crippen LogP contribution in [-0.4, -0.2) is 54.2 Å². The zero-order valence-corrected chi connectivity index (χ0v) is 15.8. The maximum absolute atomic E-state index is 12.8. The fourth-order valence-electron chi connectivity index (χ4n) is 3.29. The summed E-state index contributed by atoms with van der Waals surface area (Å²) in [5.41, 5.74) is 0.587. The number of para-hydroxylation sites is 1. The number of fused-ring (bicyclic) bond motifs is 1. The molecule has 2 aromatic heterocycles. The maximum atomic E-state index is 12.8. The molecule has 1 aliphatic rings. The van der Waals surface area contributed by atoms with Gasteiger partial charge in [0.2, 0.25) is 5.88 Å². The van der Waals surface area contributed by atoms with E-state index in [1.165, 1.54) is 7.11 Å². The van der Waals surface area contributed by atoms with E-state index in [9.17, 15) is 4.79 Å². The summed E-state index contributed by atoms with van der Waals surface area (Å²) in [6, 6.07) is 9.30. The fourth-order valence-corrected chi connectivity index (χ4v) is 3.29. The molecule has 1 aromatic carbocycles. The molecule has 3 aromatic rings. The Morgan fingerprint density at radius 1 is 1.18 bits per heavy atom. The number of hydrogen-bond acceptors (Lipinski definition) is 7. The van der Waals surface area contributed by atoms with Crippen molar-refractivity contribution in [1.29, 1.82) is 0 Å². The summed E-state index contributed by atoms with van der Waals surface area (Å²) in [6.07, 6.45) is 3.00. The third-order valence-corrected chi connectivity index (χ3v) is 4.75. The van der Waals surface area contributed by atoms with Crippen LogP contribution in [0.4, 0.5) is 0 Å². The van der Waals surface area contributed by atoms with E-state index in [1.54, 1.807) is 30.3 Å². The molecule has 1 aliphatic heterocycles. The van der Waals surface area contributed by atoms with Gasteiger partial charge < -0.3 is 23.5 Å². The molecule has 0 saturated carbocycles. The first kappa shape index (κ1) is 18.1. The molecule has 28 heavy (non-hydrogen) atoms. The number of nitrogens with zero attached hydrogens (tertiary/aromatic N) is 3. The average molecular weight is 383 g/mol. The number of furan rings is 1. The van der Waals surface area contributed by atoms with Gasteiger partial charge in [0.25, 0.3) is 5.91 Å². The number of rotatable bonds is 5. The highest BCUT2D eigenvalue weighted by Gasteiger charge is 2.27. The minimum Gasteiger partial charge on any atom is -0.493 e. The summed E-state index contributed by atoms with van der Waals surface area (Å²) < 4.78 is 22.0. The van der Waals surface area contributed by atoms with Crippen molar-refractivity contribution in [1.82, 2.24) is 14.9 Å². The SMILES string of the molecule is COc1nccc(OC2CCN(C(=O)c3cc4cccc(OC)c4o3)CC2)n1. The van der Waals surface area contributed by atoms with Crippen LogP contribution in [-0.2, 0) is 0 Å². The molecule has 0 bridgehead atoms. The highest BCUT2D eigenvalue weighted by Crippen LogP contribution is 2.29. The average Bonchev–Trinajstić information content (AvgIpc) is 3.18. The number of hydrogen-bond donors (Lipinski definition) is 0. The highest BCUT2D eigenvalue weighted by atomic mass is 16.5. The van der Waals surface area contributed by atoms with E-state index >= 15 is 0 Å². The molecular formula is C20H21N3O5. The first-order chi connectivity index (χ1) is 13.7. The van der Waals surface area contributed by atoms with E-state index in [0.29, 0.717) is 48.9 Å². The Kier molecular flexibility index (Phi) is 5.01. The molecule has 8 heteroatoms. The van der Waals surface area contributed by atoms with Crippen LogP contribution in [0.3, 0.4) is 0 Å². The first-order valence-electron chi connectivity index (χ1n) is 9.07. The molecule has 0 atom stereocenters. The van der Waals surface area contributed by atoms with Crippen LogP contribution in [0.25, 0.3) is 11.0 Å². The fraction of sp³-hybridized carbons (Fsp3) is 0.350. The number of piperidine rings is 1. The Morgan fingerprint density at radius 3 is 2.75 bits per heavy atom. The van der Waals surface area contributed by atoms with Crippen molar-refractivity contribution in [2.75, 3.05) is 27.3 Å². The Bertz CT molecular complexity index is 979. The van der Waals surface area contributed by atoms with Gasteiger partial charge >= 0.3 is 6.01 Å². The summed E-state index contributed by atoms with van der Waals surface area (Å²) in [7, 11) is 3.09. The van der Waals surface area contributed by atoms with Gasteiger partial charge in [-0.2, -0.15) is 4.98 Å². The second-order valence-corrected chi connectivity index (χ2v) is 6.48. The summed E-state index contributed by atoms with van der Waals surface area (Å²) in [4.78, 5) is 22.7. The van der Waals surface area contributed by atoms with E-state index < -0.39 is 0 Å². The smallest absolute Gasteiger partial charge is 0.319 e. The summed E-state index contributed by atoms with van der Waals surface area (Å²) in [5.74, 6) is 1.28. The van der Waals surface area contributed by atoms with E-state index in [2.05, 4.69) is 9.97 Å². The molecule has 3 heterocycles. The lowest BCUT2D eigenvalue weighted by molar-refractivity contribution is 0.0560. The van der Waals surface area contributed by atoms with Crippen LogP contribution in [0.5, 0.6) is 17.6 Å². The number of carbonyl (C=O) groups excluding carboxylic acids is 1. The van der Waals surface area contributed by atoms with Crippen molar-refractivity contribution in [3.8, 4) is 17.6 Å². The first-order valence-corrected chi connectivity index (χ1v) is 9.07. The van der Waals surface area contributed by atoms with Gasteiger partial charge in [0.15, 0.2) is 17.1 Å². The number of likely N-dealkylation sites (tertiary alicyclic amines) is 1. The van der Waals surface area contributed by atoms with E-state index in [1.807, 2.05) is 18.2 Å². The van der Waals surface area contributed by atoms with Gasteiger partial charge in [0.05, 0.1) is 14.2 Å². The summed E-state index contributed by atoms with van der Waals surface area (Å²) in [5, 5.41) is 0.846. The molecule has 0 spiro atoms. The third kappa shape index (κ3) is 3.58. The molecule has 0 N–H and O–H groups in total. The summed E-state index contributed by atoms with van der Waals surface area (Å²) >= 11 is 0. The molecule has 4 rings (SSSR count). The van der Waals surface area contributed by atoms with Crippen LogP contribution in [0.15, 0.2) is 40.9 Å². The van der Waals surface area contributed by atoms with Crippen LogP contribution in [0.1, 0.15) is 23.4 Å². The molecule has 1 saturated heterocycles. The number of ether oxygens (including phenoxy) is 3. The van der Waals surface area contributed by atoms with Crippen molar-refractivity contribution in [2.45, 2.75) is 18.9 Å². The van der Waals surface area contributed by atoms with Gasteiger partial charge in [0, 0.05) is 43.6 Å². The Morgan fingerprint density at radius 2 is 2.00 bits per heavy atom. The largest absolute Gasteiger partial charge is 0.493 e.